The molecule has 0 amide bonds. The first-order chi connectivity index (χ1) is 9.23. The van der Waals surface area contributed by atoms with Gasteiger partial charge < -0.3 is 14.6 Å². The Morgan fingerprint density at radius 3 is 2.45 bits per heavy atom. The third kappa shape index (κ3) is 4.63. The van der Waals surface area contributed by atoms with Crippen LogP contribution in [-0.2, 0) is 9.53 Å². The van der Waals surface area contributed by atoms with Crippen LogP contribution < -0.4 is 4.74 Å². The number of rotatable bonds is 4. The molecule has 20 heavy (non-hydrogen) atoms. The minimum Gasteiger partial charge on any atom is -0.478 e. The molecule has 0 aliphatic rings. The molecule has 1 aromatic carbocycles. The number of hydrogen-bond donors (Lipinski definition) is 1. The molecule has 0 aliphatic carbocycles. The lowest BCUT2D eigenvalue weighted by Gasteiger charge is -2.11. The molecule has 0 bridgehead atoms. The number of aromatic carboxylic acids is 1. The lowest BCUT2D eigenvalue weighted by atomic mass is 10.1. The Morgan fingerprint density at radius 1 is 1.30 bits per heavy atom. The van der Waals surface area contributed by atoms with Gasteiger partial charge in [-0.1, -0.05) is 6.07 Å². The van der Waals surface area contributed by atoms with E-state index in [1.807, 2.05) is 0 Å². The van der Waals surface area contributed by atoms with E-state index in [2.05, 4.69) is 9.47 Å². The second kappa shape index (κ2) is 6.09. The van der Waals surface area contributed by atoms with Crippen molar-refractivity contribution in [1.29, 1.82) is 0 Å². The number of hydrogen-bond acceptors (Lipinski definition) is 4. The number of ether oxygens (including phenoxy) is 2. The fraction of sp³-hybridized carbons (Fsp3) is 0.167. The number of carbonyl (C=O) groups excluding carboxylic acids is 1. The summed E-state index contributed by atoms with van der Waals surface area (Å²) in [5, 5.41) is 8.77. The first-order valence-electron chi connectivity index (χ1n) is 5.12. The molecular weight excluding hydrogens is 281 g/mol. The molecular formula is C12H9F3O5. The standard InChI is InChI=1S/C12H9F3O5/c1-19-10(16)5-3-7-2-4-8(11(17)18)9(6-7)20-12(13,14)15/h2-6H,1H3,(H,17,18). The van der Waals surface area contributed by atoms with Gasteiger partial charge in [0.1, 0.15) is 11.3 Å². The molecule has 0 aromatic heterocycles. The van der Waals surface area contributed by atoms with Crippen LogP contribution in [0.1, 0.15) is 15.9 Å². The first kappa shape index (κ1) is 15.5. The Kier molecular flexibility index (Phi) is 4.73. The normalized spacial score (nSPS) is 11.4. The van der Waals surface area contributed by atoms with E-state index < -0.39 is 29.6 Å². The van der Waals surface area contributed by atoms with Crippen molar-refractivity contribution in [3.05, 3.63) is 35.4 Å². The van der Waals surface area contributed by atoms with Gasteiger partial charge in [0.2, 0.25) is 0 Å². The summed E-state index contributed by atoms with van der Waals surface area (Å²) >= 11 is 0. The minimum absolute atomic E-state index is 0.152. The monoisotopic (exact) mass is 290 g/mol. The van der Waals surface area contributed by atoms with Gasteiger partial charge in [-0.2, -0.15) is 0 Å². The number of alkyl halides is 3. The SMILES string of the molecule is COC(=O)C=Cc1ccc(C(=O)O)c(OC(F)(F)F)c1. The molecule has 0 aliphatic heterocycles. The summed E-state index contributed by atoms with van der Waals surface area (Å²) in [4.78, 5) is 21.7. The quantitative estimate of drug-likeness (QED) is 0.681. The lowest BCUT2D eigenvalue weighted by Crippen LogP contribution is -2.19. The van der Waals surface area contributed by atoms with E-state index in [-0.39, 0.29) is 5.56 Å². The molecule has 1 N–H and O–H groups in total. The molecule has 5 nitrogen and oxygen atoms in total. The molecule has 0 saturated carbocycles. The Balaban J connectivity index is 3.13. The second-order valence-electron chi connectivity index (χ2n) is 3.47. The second-order valence-corrected chi connectivity index (χ2v) is 3.47. The van der Waals surface area contributed by atoms with Crippen LogP contribution in [0.15, 0.2) is 24.3 Å². The molecule has 0 spiro atoms. The zero-order valence-corrected chi connectivity index (χ0v) is 10.1. The predicted octanol–water partition coefficient (Wildman–Crippen LogP) is 2.47. The van der Waals surface area contributed by atoms with Gasteiger partial charge in [-0.05, 0) is 23.8 Å². The number of halogens is 3. The van der Waals surface area contributed by atoms with Gasteiger partial charge in [0.05, 0.1) is 7.11 Å². The highest BCUT2D eigenvalue weighted by Gasteiger charge is 2.33. The molecule has 0 radical (unpaired) electrons. The number of benzene rings is 1. The zero-order chi connectivity index (χ0) is 15.3. The van der Waals surface area contributed by atoms with Crippen LogP contribution in [-0.4, -0.2) is 30.5 Å². The maximum Gasteiger partial charge on any atom is 0.573 e. The zero-order valence-electron chi connectivity index (χ0n) is 10.1. The van der Waals surface area contributed by atoms with E-state index in [1.165, 1.54) is 12.1 Å². The van der Waals surface area contributed by atoms with E-state index in [9.17, 15) is 22.8 Å². The Morgan fingerprint density at radius 2 is 1.95 bits per heavy atom. The van der Waals surface area contributed by atoms with E-state index in [0.29, 0.717) is 0 Å². The van der Waals surface area contributed by atoms with E-state index in [1.54, 1.807) is 0 Å². The van der Waals surface area contributed by atoms with Crippen LogP contribution in [0.2, 0.25) is 0 Å². The number of carbonyl (C=O) groups is 2. The topological polar surface area (TPSA) is 72.8 Å². The van der Waals surface area contributed by atoms with Crippen LogP contribution in [0.4, 0.5) is 13.2 Å². The fourth-order valence-corrected chi connectivity index (χ4v) is 1.26. The van der Waals surface area contributed by atoms with Crippen LogP contribution in [0, 0.1) is 0 Å². The van der Waals surface area contributed by atoms with Gasteiger partial charge in [0.15, 0.2) is 0 Å². The Hall–Kier alpha value is -2.51. The third-order valence-electron chi connectivity index (χ3n) is 2.07. The number of esters is 1. The van der Waals surface area contributed by atoms with Crippen molar-refractivity contribution >= 4 is 18.0 Å². The molecule has 0 unspecified atom stereocenters. The first-order valence-corrected chi connectivity index (χ1v) is 5.12. The summed E-state index contributed by atoms with van der Waals surface area (Å²) in [7, 11) is 1.14. The highest BCUT2D eigenvalue weighted by molar-refractivity contribution is 5.92. The molecule has 0 fully saturated rings. The van der Waals surface area contributed by atoms with E-state index in [0.717, 1.165) is 25.3 Å². The average Bonchev–Trinajstić information content (AvgIpc) is 2.33. The molecule has 1 aromatic rings. The summed E-state index contributed by atoms with van der Waals surface area (Å²) in [5.41, 5.74) is -0.489. The van der Waals surface area contributed by atoms with Crippen molar-refractivity contribution in [3.63, 3.8) is 0 Å². The van der Waals surface area contributed by atoms with Gasteiger partial charge in [0, 0.05) is 6.08 Å². The maximum absolute atomic E-state index is 12.2. The van der Waals surface area contributed by atoms with Crippen LogP contribution in [0.25, 0.3) is 6.08 Å². The van der Waals surface area contributed by atoms with Gasteiger partial charge in [-0.25, -0.2) is 9.59 Å². The molecule has 8 heteroatoms. The van der Waals surface area contributed by atoms with Crippen molar-refractivity contribution in [2.45, 2.75) is 6.36 Å². The molecule has 0 heterocycles. The van der Waals surface area contributed by atoms with Crippen molar-refractivity contribution in [2.24, 2.45) is 0 Å². The smallest absolute Gasteiger partial charge is 0.478 e. The third-order valence-corrected chi connectivity index (χ3v) is 2.07. The molecule has 0 saturated heterocycles. The van der Waals surface area contributed by atoms with Gasteiger partial charge in [0.25, 0.3) is 0 Å². The van der Waals surface area contributed by atoms with Gasteiger partial charge >= 0.3 is 18.3 Å². The summed E-state index contributed by atoms with van der Waals surface area (Å²) < 4.78 is 44.5. The maximum atomic E-state index is 12.2. The predicted molar refractivity (Wildman–Crippen MR) is 61.1 cm³/mol. The average molecular weight is 290 g/mol. The van der Waals surface area contributed by atoms with Crippen molar-refractivity contribution in [1.82, 2.24) is 0 Å². The van der Waals surface area contributed by atoms with E-state index >= 15 is 0 Å². The summed E-state index contributed by atoms with van der Waals surface area (Å²) in [6, 6.07) is 3.03. The van der Waals surface area contributed by atoms with Gasteiger partial charge in [-0.15, -0.1) is 13.2 Å². The highest BCUT2D eigenvalue weighted by atomic mass is 19.4. The van der Waals surface area contributed by atoms with Crippen molar-refractivity contribution in [2.75, 3.05) is 7.11 Å². The number of carboxylic acid groups (broad SMARTS) is 1. The molecule has 0 atom stereocenters. The van der Waals surface area contributed by atoms with Crippen LogP contribution in [0.3, 0.4) is 0 Å². The van der Waals surface area contributed by atoms with Crippen LogP contribution in [0.5, 0.6) is 5.75 Å². The highest BCUT2D eigenvalue weighted by Crippen LogP contribution is 2.28. The summed E-state index contributed by atoms with van der Waals surface area (Å²) in [6.45, 7) is 0. The van der Waals surface area contributed by atoms with Gasteiger partial charge in [-0.3, -0.25) is 0 Å². The molecule has 108 valence electrons. The fourth-order valence-electron chi connectivity index (χ4n) is 1.26. The Labute approximate surface area is 111 Å². The van der Waals surface area contributed by atoms with Crippen LogP contribution >= 0.6 is 0 Å². The summed E-state index contributed by atoms with van der Waals surface area (Å²) in [6.07, 6.45) is -2.87. The van der Waals surface area contributed by atoms with Crippen molar-refractivity contribution < 1.29 is 37.3 Å². The lowest BCUT2D eigenvalue weighted by molar-refractivity contribution is -0.274. The minimum atomic E-state index is -5.02. The molecule has 1 rings (SSSR count). The largest absolute Gasteiger partial charge is 0.573 e. The summed E-state index contributed by atoms with van der Waals surface area (Å²) in [5.74, 6) is -3.13. The number of carboxylic acids is 1. The van der Waals surface area contributed by atoms with Crippen molar-refractivity contribution in [3.8, 4) is 5.75 Å². The Bertz CT molecular complexity index is 549. The number of methoxy groups -OCH3 is 1. The van der Waals surface area contributed by atoms with E-state index in [4.69, 9.17) is 5.11 Å².